The summed E-state index contributed by atoms with van der Waals surface area (Å²) in [4.78, 5) is 24.6. The number of carbonyl (C=O) groups excluding carboxylic acids is 1. The van der Waals surface area contributed by atoms with Crippen molar-refractivity contribution in [3.63, 3.8) is 0 Å². The highest BCUT2D eigenvalue weighted by Crippen LogP contribution is 2.29. The summed E-state index contributed by atoms with van der Waals surface area (Å²) in [6, 6.07) is 5.57. The van der Waals surface area contributed by atoms with E-state index in [-0.39, 0.29) is 10.7 Å². The van der Waals surface area contributed by atoms with Gasteiger partial charge in [0.15, 0.2) is 6.04 Å². The van der Waals surface area contributed by atoms with Gasteiger partial charge in [0.2, 0.25) is 5.91 Å². The molecule has 0 radical (unpaired) electrons. The molecule has 1 aliphatic heterocycles. The first kappa shape index (κ1) is 13.4. The van der Waals surface area contributed by atoms with Crippen LogP contribution in [-0.4, -0.2) is 33.3 Å². The Morgan fingerprint density at radius 1 is 1.44 bits per heavy atom. The van der Waals surface area contributed by atoms with Crippen molar-refractivity contribution in [2.24, 2.45) is 0 Å². The Hall–Kier alpha value is -1.07. The molecule has 2 rings (SSSR count). The summed E-state index contributed by atoms with van der Waals surface area (Å²) in [6.45, 7) is 0.401. The molecule has 1 heterocycles. The molecule has 1 N–H and O–H groups in total. The summed E-state index contributed by atoms with van der Waals surface area (Å²) < 4.78 is 0. The second-order valence-corrected chi connectivity index (χ2v) is 5.87. The van der Waals surface area contributed by atoms with E-state index in [9.17, 15) is 14.7 Å². The molecule has 1 aromatic rings. The fraction of sp³-hybridized carbons (Fsp3) is 0.333. The van der Waals surface area contributed by atoms with Gasteiger partial charge >= 0.3 is 5.97 Å². The average molecular weight is 333 g/mol. The summed E-state index contributed by atoms with van der Waals surface area (Å²) in [5.41, 5.74) is 0.557. The largest absolute Gasteiger partial charge is 0.479 e. The number of nitrogens with zero attached hydrogens (tertiary/aromatic N) is 1. The van der Waals surface area contributed by atoms with Gasteiger partial charge in [-0.2, -0.15) is 0 Å². The van der Waals surface area contributed by atoms with E-state index in [0.29, 0.717) is 23.6 Å². The maximum absolute atomic E-state index is 11.8. The smallest absolute Gasteiger partial charge is 0.331 e. The van der Waals surface area contributed by atoms with Crippen molar-refractivity contribution in [2.45, 2.75) is 17.3 Å². The molecule has 4 nitrogen and oxygen atoms in total. The lowest BCUT2D eigenvalue weighted by Gasteiger charge is -2.24. The number of aliphatic carboxylic acids is 1. The molecule has 2 atom stereocenters. The number of likely N-dealkylation sites (tertiary alicyclic amines) is 1. The van der Waals surface area contributed by atoms with Gasteiger partial charge in [0.25, 0.3) is 0 Å². The van der Waals surface area contributed by atoms with Crippen LogP contribution in [0.4, 0.5) is 0 Å². The third-order valence-electron chi connectivity index (χ3n) is 2.84. The van der Waals surface area contributed by atoms with E-state index in [1.807, 2.05) is 0 Å². The normalized spacial score (nSPS) is 21.1. The molecule has 0 spiro atoms. The monoisotopic (exact) mass is 331 g/mol. The number of carboxylic acids is 1. The Labute approximate surface area is 118 Å². The molecular weight excluding hydrogens is 321 g/mol. The maximum atomic E-state index is 11.8. The Morgan fingerprint density at radius 2 is 2.06 bits per heavy atom. The second-order valence-electron chi connectivity index (χ2n) is 4.14. The molecule has 0 aliphatic carbocycles. The van der Waals surface area contributed by atoms with Crippen molar-refractivity contribution in [3.05, 3.63) is 34.9 Å². The minimum Gasteiger partial charge on any atom is -0.479 e. The zero-order valence-corrected chi connectivity index (χ0v) is 11.7. The van der Waals surface area contributed by atoms with Crippen LogP contribution in [0.3, 0.4) is 0 Å². The Kier molecular flexibility index (Phi) is 3.92. The van der Waals surface area contributed by atoms with Crippen LogP contribution in [0.1, 0.15) is 18.0 Å². The predicted molar refractivity (Wildman–Crippen MR) is 70.9 cm³/mol. The van der Waals surface area contributed by atoms with Gasteiger partial charge in [-0.25, -0.2) is 4.79 Å². The van der Waals surface area contributed by atoms with Gasteiger partial charge in [0.1, 0.15) is 0 Å². The molecule has 1 saturated heterocycles. The third kappa shape index (κ3) is 2.67. The molecule has 0 aromatic heterocycles. The Morgan fingerprint density at radius 3 is 2.50 bits per heavy atom. The molecule has 2 unspecified atom stereocenters. The first-order chi connectivity index (χ1) is 8.49. The number of benzene rings is 1. The minimum absolute atomic E-state index is 0.0131. The van der Waals surface area contributed by atoms with Crippen molar-refractivity contribution in [1.29, 1.82) is 0 Å². The zero-order valence-electron chi connectivity index (χ0n) is 9.35. The number of halogens is 2. The first-order valence-electron chi connectivity index (χ1n) is 5.41. The van der Waals surface area contributed by atoms with Crippen LogP contribution in [0.15, 0.2) is 24.3 Å². The average Bonchev–Trinajstić information content (AvgIpc) is 2.61. The summed E-state index contributed by atoms with van der Waals surface area (Å²) in [6.07, 6.45) is 0.331. The SMILES string of the molecule is O=C(O)C(c1ccc(Cl)cc1)N1CC(Br)CC1=O. The highest BCUT2D eigenvalue weighted by molar-refractivity contribution is 9.09. The number of hydrogen-bond donors (Lipinski definition) is 1. The van der Waals surface area contributed by atoms with Gasteiger partial charge < -0.3 is 10.0 Å². The maximum Gasteiger partial charge on any atom is 0.331 e. The number of carboxylic acid groups (broad SMARTS) is 1. The van der Waals surface area contributed by atoms with Crippen LogP contribution in [-0.2, 0) is 9.59 Å². The van der Waals surface area contributed by atoms with Crippen LogP contribution in [0.5, 0.6) is 0 Å². The fourth-order valence-corrected chi connectivity index (χ4v) is 2.75. The summed E-state index contributed by atoms with van der Waals surface area (Å²) in [7, 11) is 0. The van der Waals surface area contributed by atoms with Crippen molar-refractivity contribution >= 4 is 39.4 Å². The van der Waals surface area contributed by atoms with Gasteiger partial charge in [-0.05, 0) is 17.7 Å². The van der Waals surface area contributed by atoms with Gasteiger partial charge in [-0.3, -0.25) is 4.79 Å². The first-order valence-corrected chi connectivity index (χ1v) is 6.70. The van der Waals surface area contributed by atoms with Crippen LogP contribution < -0.4 is 0 Å². The Bertz CT molecular complexity index is 477. The van der Waals surface area contributed by atoms with E-state index in [2.05, 4.69) is 15.9 Å². The van der Waals surface area contributed by atoms with E-state index in [1.54, 1.807) is 24.3 Å². The standard InChI is InChI=1S/C12H11BrClNO3/c13-8-5-10(16)15(6-8)11(12(17)18)7-1-3-9(14)4-2-7/h1-4,8,11H,5-6H2,(H,17,18). The van der Waals surface area contributed by atoms with Crippen molar-refractivity contribution in [2.75, 3.05) is 6.54 Å². The highest BCUT2D eigenvalue weighted by Gasteiger charge is 2.37. The van der Waals surface area contributed by atoms with Crippen LogP contribution in [0, 0.1) is 0 Å². The van der Waals surface area contributed by atoms with Crippen LogP contribution >= 0.6 is 27.5 Å². The number of amides is 1. The molecule has 6 heteroatoms. The van der Waals surface area contributed by atoms with Gasteiger partial charge in [0, 0.05) is 22.8 Å². The lowest BCUT2D eigenvalue weighted by atomic mass is 10.1. The quantitative estimate of drug-likeness (QED) is 0.865. The van der Waals surface area contributed by atoms with Crippen LogP contribution in [0.25, 0.3) is 0 Å². The summed E-state index contributed by atoms with van der Waals surface area (Å²) in [5, 5.41) is 9.85. The molecule has 1 aromatic carbocycles. The lowest BCUT2D eigenvalue weighted by Crippen LogP contribution is -2.35. The van der Waals surface area contributed by atoms with Crippen molar-refractivity contribution < 1.29 is 14.7 Å². The molecular formula is C12H11BrClNO3. The molecule has 1 fully saturated rings. The molecule has 0 bridgehead atoms. The molecule has 0 saturated carbocycles. The zero-order chi connectivity index (χ0) is 13.3. The number of rotatable bonds is 3. The highest BCUT2D eigenvalue weighted by atomic mass is 79.9. The van der Waals surface area contributed by atoms with E-state index in [1.165, 1.54) is 4.90 Å². The summed E-state index contributed by atoms with van der Waals surface area (Å²) >= 11 is 9.12. The van der Waals surface area contributed by atoms with Gasteiger partial charge in [-0.1, -0.05) is 39.7 Å². The third-order valence-corrected chi connectivity index (χ3v) is 3.71. The van der Waals surface area contributed by atoms with Crippen LogP contribution in [0.2, 0.25) is 5.02 Å². The van der Waals surface area contributed by atoms with E-state index < -0.39 is 12.0 Å². The predicted octanol–water partition coefficient (Wildman–Crippen LogP) is 2.46. The van der Waals surface area contributed by atoms with Gasteiger partial charge in [0.05, 0.1) is 0 Å². The number of hydrogen-bond acceptors (Lipinski definition) is 2. The van der Waals surface area contributed by atoms with E-state index >= 15 is 0 Å². The summed E-state index contributed by atoms with van der Waals surface area (Å²) in [5.74, 6) is -1.19. The fourth-order valence-electron chi connectivity index (χ4n) is 2.04. The molecule has 18 heavy (non-hydrogen) atoms. The Balaban J connectivity index is 2.32. The number of carbonyl (C=O) groups is 2. The van der Waals surface area contributed by atoms with Crippen molar-refractivity contribution in [1.82, 2.24) is 4.90 Å². The minimum atomic E-state index is -1.03. The van der Waals surface area contributed by atoms with E-state index in [0.717, 1.165) is 0 Å². The van der Waals surface area contributed by atoms with E-state index in [4.69, 9.17) is 11.6 Å². The topological polar surface area (TPSA) is 57.6 Å². The lowest BCUT2D eigenvalue weighted by molar-refractivity contribution is -0.148. The van der Waals surface area contributed by atoms with Gasteiger partial charge in [-0.15, -0.1) is 0 Å². The molecule has 1 amide bonds. The number of alkyl halides is 1. The molecule has 1 aliphatic rings. The van der Waals surface area contributed by atoms with Crippen molar-refractivity contribution in [3.8, 4) is 0 Å². The second kappa shape index (κ2) is 5.28. The molecule has 96 valence electrons.